The summed E-state index contributed by atoms with van der Waals surface area (Å²) in [6.45, 7) is 0. The summed E-state index contributed by atoms with van der Waals surface area (Å²) in [6.07, 6.45) is 9.56. The molecule has 1 aliphatic carbocycles. The summed E-state index contributed by atoms with van der Waals surface area (Å²) >= 11 is 0. The van der Waals surface area contributed by atoms with E-state index >= 15 is 0 Å². The lowest BCUT2D eigenvalue weighted by Crippen LogP contribution is -2.33. The summed E-state index contributed by atoms with van der Waals surface area (Å²) in [5, 5.41) is 0. The Morgan fingerprint density at radius 1 is 1.32 bits per heavy atom. The van der Waals surface area contributed by atoms with Gasteiger partial charge in [-0.25, -0.2) is 0 Å². The fraction of sp³-hybridized carbons (Fsp3) is 0.312. The van der Waals surface area contributed by atoms with Crippen LogP contribution >= 0.6 is 0 Å². The van der Waals surface area contributed by atoms with Gasteiger partial charge in [0.2, 0.25) is 0 Å². The molecule has 3 heteroatoms. The molecule has 2 atom stereocenters. The van der Waals surface area contributed by atoms with Gasteiger partial charge in [0.25, 0.3) is 0 Å². The lowest BCUT2D eigenvalue weighted by molar-refractivity contribution is 0.0783. The first-order valence-electron chi connectivity index (χ1n) is 6.49. The van der Waals surface area contributed by atoms with E-state index in [2.05, 4.69) is 12.2 Å². The number of allylic oxidation sites excluding steroid dienone is 3. The number of benzene rings is 1. The van der Waals surface area contributed by atoms with Crippen LogP contribution in [0.4, 0.5) is 0 Å². The number of Topliss-reactive ketones (excluding diaryl/α,β-unsaturated/α-hetero) is 1. The largest absolute Gasteiger partial charge is 0.497 e. The molecule has 0 aromatic heterocycles. The third-order valence-corrected chi connectivity index (χ3v) is 3.65. The van der Waals surface area contributed by atoms with Gasteiger partial charge in [0.05, 0.1) is 12.7 Å². The third-order valence-electron chi connectivity index (χ3n) is 3.65. The third kappa shape index (κ3) is 2.28. The van der Waals surface area contributed by atoms with E-state index in [1.807, 2.05) is 12.2 Å². The number of ketones is 1. The molecule has 0 spiro atoms. The second kappa shape index (κ2) is 4.92. The van der Waals surface area contributed by atoms with Gasteiger partial charge in [0.1, 0.15) is 17.6 Å². The highest BCUT2D eigenvalue weighted by atomic mass is 16.5. The number of ether oxygens (including phenoxy) is 2. The Balaban J connectivity index is 1.87. The summed E-state index contributed by atoms with van der Waals surface area (Å²) in [5.74, 6) is 1.78. The summed E-state index contributed by atoms with van der Waals surface area (Å²) in [5.41, 5.74) is 0.660. The van der Waals surface area contributed by atoms with Crippen molar-refractivity contribution >= 4 is 5.78 Å². The van der Waals surface area contributed by atoms with Gasteiger partial charge in [-0.05, 0) is 18.6 Å². The number of hydrogen-bond acceptors (Lipinski definition) is 3. The number of carbonyl (C=O) groups excluding carboxylic acids is 1. The fourth-order valence-corrected chi connectivity index (χ4v) is 2.57. The van der Waals surface area contributed by atoms with Crippen LogP contribution in [0.25, 0.3) is 0 Å². The second-order valence-corrected chi connectivity index (χ2v) is 4.86. The van der Waals surface area contributed by atoms with Crippen molar-refractivity contribution in [1.29, 1.82) is 0 Å². The molecule has 0 fully saturated rings. The maximum Gasteiger partial charge on any atom is 0.170 e. The molecule has 1 unspecified atom stereocenters. The van der Waals surface area contributed by atoms with Crippen LogP contribution in [0.5, 0.6) is 11.5 Å². The van der Waals surface area contributed by atoms with Crippen LogP contribution in [0.1, 0.15) is 23.2 Å². The number of methoxy groups -OCH3 is 1. The van der Waals surface area contributed by atoms with E-state index in [0.29, 0.717) is 23.5 Å². The Hall–Kier alpha value is -2.03. The summed E-state index contributed by atoms with van der Waals surface area (Å²) in [7, 11) is 1.61. The average Bonchev–Trinajstić information content (AvgIpc) is 2.47. The highest BCUT2D eigenvalue weighted by Gasteiger charge is 2.31. The van der Waals surface area contributed by atoms with E-state index in [1.165, 1.54) is 0 Å². The lowest BCUT2D eigenvalue weighted by Gasteiger charge is -2.30. The number of rotatable bonds is 2. The minimum atomic E-state index is -0.0756. The summed E-state index contributed by atoms with van der Waals surface area (Å²) in [6, 6.07) is 5.37. The van der Waals surface area contributed by atoms with Gasteiger partial charge in [-0.1, -0.05) is 24.3 Å². The molecule has 0 saturated carbocycles. The minimum absolute atomic E-state index is 0.0756. The van der Waals surface area contributed by atoms with Crippen molar-refractivity contribution in [3.8, 4) is 11.5 Å². The Kier molecular flexibility index (Phi) is 3.11. The summed E-state index contributed by atoms with van der Waals surface area (Å²) in [4.78, 5) is 12.2. The fourth-order valence-electron chi connectivity index (χ4n) is 2.57. The standard InChI is InChI=1S/C16H16O3/c1-18-12-7-8-13-14(17)10-15(19-16(13)9-12)11-5-3-2-4-6-11/h2-5,7-9,11,15H,6,10H2,1H3/t11?,15-/m1/s1. The molecule has 0 saturated heterocycles. The molecule has 0 radical (unpaired) electrons. The molecule has 3 rings (SSSR count). The first kappa shape index (κ1) is 12.0. The lowest BCUT2D eigenvalue weighted by atomic mass is 9.88. The molecular weight excluding hydrogens is 240 g/mol. The van der Waals surface area contributed by atoms with E-state index in [0.717, 1.165) is 6.42 Å². The van der Waals surface area contributed by atoms with Crippen LogP contribution in [0.3, 0.4) is 0 Å². The van der Waals surface area contributed by atoms with E-state index in [9.17, 15) is 4.79 Å². The molecular formula is C16H16O3. The minimum Gasteiger partial charge on any atom is -0.497 e. The van der Waals surface area contributed by atoms with Crippen molar-refractivity contribution < 1.29 is 14.3 Å². The number of hydrogen-bond donors (Lipinski definition) is 0. The Labute approximate surface area is 112 Å². The monoisotopic (exact) mass is 256 g/mol. The van der Waals surface area contributed by atoms with Crippen molar-refractivity contribution in [2.75, 3.05) is 7.11 Å². The Morgan fingerprint density at radius 2 is 2.21 bits per heavy atom. The van der Waals surface area contributed by atoms with Crippen molar-refractivity contribution in [1.82, 2.24) is 0 Å². The van der Waals surface area contributed by atoms with Crippen LogP contribution in [0.15, 0.2) is 42.5 Å². The molecule has 0 amide bonds. The zero-order valence-corrected chi connectivity index (χ0v) is 10.8. The zero-order valence-electron chi connectivity index (χ0n) is 10.8. The molecule has 0 bridgehead atoms. The van der Waals surface area contributed by atoms with Crippen molar-refractivity contribution in [2.24, 2.45) is 5.92 Å². The number of fused-ring (bicyclic) bond motifs is 1. The van der Waals surface area contributed by atoms with Crippen molar-refractivity contribution in [3.05, 3.63) is 48.1 Å². The second-order valence-electron chi connectivity index (χ2n) is 4.86. The molecule has 1 heterocycles. The van der Waals surface area contributed by atoms with Gasteiger partial charge in [-0.2, -0.15) is 0 Å². The Morgan fingerprint density at radius 3 is 2.95 bits per heavy atom. The van der Waals surface area contributed by atoms with Gasteiger partial charge >= 0.3 is 0 Å². The maximum absolute atomic E-state index is 12.2. The maximum atomic E-state index is 12.2. The highest BCUT2D eigenvalue weighted by molar-refractivity contribution is 6.00. The average molecular weight is 256 g/mol. The molecule has 3 nitrogen and oxygen atoms in total. The van der Waals surface area contributed by atoms with Gasteiger partial charge in [-0.3, -0.25) is 4.79 Å². The topological polar surface area (TPSA) is 35.5 Å². The predicted octanol–water partition coefficient (Wildman–Crippen LogP) is 3.16. The van der Waals surface area contributed by atoms with Crippen LogP contribution in [0.2, 0.25) is 0 Å². The van der Waals surface area contributed by atoms with E-state index in [4.69, 9.17) is 9.47 Å². The first-order chi connectivity index (χ1) is 9.28. The quantitative estimate of drug-likeness (QED) is 0.815. The molecule has 2 aliphatic rings. The van der Waals surface area contributed by atoms with Crippen LogP contribution in [-0.2, 0) is 0 Å². The Bertz CT molecular complexity index is 557. The summed E-state index contributed by atoms with van der Waals surface area (Å²) < 4.78 is 11.2. The molecule has 98 valence electrons. The molecule has 1 aromatic carbocycles. The predicted molar refractivity (Wildman–Crippen MR) is 72.7 cm³/mol. The van der Waals surface area contributed by atoms with E-state index in [1.54, 1.807) is 25.3 Å². The molecule has 1 aromatic rings. The van der Waals surface area contributed by atoms with Gasteiger partial charge in [-0.15, -0.1) is 0 Å². The molecule has 1 aliphatic heterocycles. The SMILES string of the molecule is COc1ccc2c(c1)O[C@@H](C1C=CC=CC1)CC2=O. The van der Waals surface area contributed by atoms with Crippen molar-refractivity contribution in [2.45, 2.75) is 18.9 Å². The first-order valence-corrected chi connectivity index (χ1v) is 6.49. The normalized spacial score (nSPS) is 24.8. The zero-order chi connectivity index (χ0) is 13.2. The smallest absolute Gasteiger partial charge is 0.170 e. The van der Waals surface area contributed by atoms with E-state index in [-0.39, 0.29) is 17.8 Å². The molecule has 0 N–H and O–H groups in total. The van der Waals surface area contributed by atoms with Crippen LogP contribution in [0, 0.1) is 5.92 Å². The van der Waals surface area contributed by atoms with Crippen molar-refractivity contribution in [3.63, 3.8) is 0 Å². The number of carbonyl (C=O) groups is 1. The van der Waals surface area contributed by atoms with Crippen LogP contribution in [-0.4, -0.2) is 19.0 Å². The van der Waals surface area contributed by atoms with Gasteiger partial charge < -0.3 is 9.47 Å². The highest BCUT2D eigenvalue weighted by Crippen LogP contribution is 2.34. The molecule has 19 heavy (non-hydrogen) atoms. The van der Waals surface area contributed by atoms with Crippen LogP contribution < -0.4 is 9.47 Å². The van der Waals surface area contributed by atoms with Gasteiger partial charge in [0, 0.05) is 18.4 Å². The van der Waals surface area contributed by atoms with E-state index < -0.39 is 0 Å². The van der Waals surface area contributed by atoms with Gasteiger partial charge in [0.15, 0.2) is 5.78 Å².